The van der Waals surface area contributed by atoms with Crippen LogP contribution in [0.4, 0.5) is 11.4 Å². The number of piperidine rings is 1. The van der Waals surface area contributed by atoms with E-state index in [9.17, 15) is 9.59 Å². The Labute approximate surface area is 193 Å². The first-order valence-corrected chi connectivity index (χ1v) is 11.6. The van der Waals surface area contributed by atoms with E-state index in [1.807, 2.05) is 50.2 Å². The molecule has 0 saturated carbocycles. The summed E-state index contributed by atoms with van der Waals surface area (Å²) in [7, 11) is 0. The fraction of sp³-hybridized carbons (Fsp3) is 0.385. The lowest BCUT2D eigenvalue weighted by Gasteiger charge is -2.33. The molecule has 1 fully saturated rings. The summed E-state index contributed by atoms with van der Waals surface area (Å²) in [5.74, 6) is 0.574. The van der Waals surface area contributed by atoms with Gasteiger partial charge in [-0.15, -0.1) is 0 Å². The van der Waals surface area contributed by atoms with Crippen LogP contribution in [-0.4, -0.2) is 37.3 Å². The van der Waals surface area contributed by atoms with Gasteiger partial charge >= 0.3 is 5.97 Å². The van der Waals surface area contributed by atoms with Gasteiger partial charge in [-0.1, -0.05) is 0 Å². The molecular weight excluding hydrogens is 418 g/mol. The molecule has 1 saturated heterocycles. The van der Waals surface area contributed by atoms with Crippen LogP contribution < -0.4 is 20.5 Å². The molecular formula is C26H31N3O4. The van der Waals surface area contributed by atoms with Crippen molar-refractivity contribution in [1.82, 2.24) is 4.98 Å². The highest BCUT2D eigenvalue weighted by atomic mass is 16.5. The van der Waals surface area contributed by atoms with Crippen molar-refractivity contribution in [2.75, 3.05) is 36.5 Å². The normalized spacial score (nSPS) is 15.9. The topological polar surface area (TPSA) is 83.7 Å². The number of hydrogen-bond donors (Lipinski definition) is 2. The maximum absolute atomic E-state index is 12.5. The second-order valence-corrected chi connectivity index (χ2v) is 8.24. The Morgan fingerprint density at radius 3 is 2.70 bits per heavy atom. The van der Waals surface area contributed by atoms with Gasteiger partial charge in [0.1, 0.15) is 5.75 Å². The lowest BCUT2D eigenvalue weighted by molar-refractivity contribution is -0.148. The molecule has 3 aromatic rings. The first-order chi connectivity index (χ1) is 16.1. The third-order valence-electron chi connectivity index (χ3n) is 5.96. The molecule has 2 heterocycles. The van der Waals surface area contributed by atoms with Crippen molar-refractivity contribution >= 4 is 28.2 Å². The number of rotatable bonds is 8. The Morgan fingerprint density at radius 2 is 1.94 bits per heavy atom. The van der Waals surface area contributed by atoms with E-state index in [4.69, 9.17) is 9.47 Å². The van der Waals surface area contributed by atoms with Crippen LogP contribution in [0.5, 0.6) is 5.75 Å². The Hall–Kier alpha value is -3.48. The van der Waals surface area contributed by atoms with Gasteiger partial charge < -0.3 is 24.7 Å². The van der Waals surface area contributed by atoms with Gasteiger partial charge in [-0.25, -0.2) is 0 Å². The van der Waals surface area contributed by atoms with Crippen molar-refractivity contribution in [2.45, 2.75) is 33.2 Å². The maximum Gasteiger partial charge on any atom is 0.310 e. The Kier molecular flexibility index (Phi) is 7.17. The second-order valence-electron chi connectivity index (χ2n) is 8.24. The van der Waals surface area contributed by atoms with E-state index in [0.29, 0.717) is 31.9 Å². The lowest BCUT2D eigenvalue weighted by atomic mass is 9.97. The van der Waals surface area contributed by atoms with Gasteiger partial charge in [0.2, 0.25) is 0 Å². The third-order valence-corrected chi connectivity index (χ3v) is 5.96. The highest BCUT2D eigenvalue weighted by molar-refractivity contribution is 5.80. The van der Waals surface area contributed by atoms with Crippen LogP contribution in [0.1, 0.15) is 32.3 Å². The van der Waals surface area contributed by atoms with Crippen LogP contribution in [0.15, 0.2) is 53.3 Å². The molecule has 7 nitrogen and oxygen atoms in total. The number of aromatic nitrogens is 1. The zero-order valence-electron chi connectivity index (χ0n) is 19.2. The van der Waals surface area contributed by atoms with Crippen molar-refractivity contribution in [3.8, 4) is 5.75 Å². The summed E-state index contributed by atoms with van der Waals surface area (Å²) in [6.07, 6.45) is 1.85. The minimum atomic E-state index is -0.112. The van der Waals surface area contributed by atoms with Crippen LogP contribution in [-0.2, 0) is 16.1 Å². The number of H-pyrrole nitrogens is 1. The SMILES string of the molecule is CCOC(=O)[C@@H]1CCCN(c2ccc(NCc3cc4ccc(OCC)cc4[nH]c3=O)cc2)C1. The summed E-state index contributed by atoms with van der Waals surface area (Å²) < 4.78 is 10.7. The van der Waals surface area contributed by atoms with Crippen LogP contribution in [0.2, 0.25) is 0 Å². The lowest BCUT2D eigenvalue weighted by Crippen LogP contribution is -2.39. The number of carbonyl (C=O) groups is 1. The van der Waals surface area contributed by atoms with E-state index < -0.39 is 0 Å². The molecule has 0 spiro atoms. The maximum atomic E-state index is 12.5. The molecule has 0 radical (unpaired) electrons. The molecule has 0 aliphatic carbocycles. The molecule has 0 bridgehead atoms. The third kappa shape index (κ3) is 5.48. The summed E-state index contributed by atoms with van der Waals surface area (Å²) in [6.45, 7) is 6.81. The summed E-state index contributed by atoms with van der Waals surface area (Å²) >= 11 is 0. The zero-order chi connectivity index (χ0) is 23.2. The first-order valence-electron chi connectivity index (χ1n) is 11.6. The van der Waals surface area contributed by atoms with Crippen molar-refractivity contribution in [3.63, 3.8) is 0 Å². The largest absolute Gasteiger partial charge is 0.494 e. The van der Waals surface area contributed by atoms with E-state index in [0.717, 1.165) is 47.4 Å². The summed E-state index contributed by atoms with van der Waals surface area (Å²) in [5, 5.41) is 4.30. The fourth-order valence-corrected chi connectivity index (χ4v) is 4.26. The molecule has 2 aromatic carbocycles. The Bertz CT molecular complexity index is 1160. The van der Waals surface area contributed by atoms with Gasteiger partial charge in [-0.2, -0.15) is 0 Å². The molecule has 174 valence electrons. The van der Waals surface area contributed by atoms with Gasteiger partial charge in [0, 0.05) is 42.6 Å². The number of anilines is 2. The zero-order valence-corrected chi connectivity index (χ0v) is 19.2. The molecule has 1 aliphatic rings. The van der Waals surface area contributed by atoms with Crippen LogP contribution in [0.3, 0.4) is 0 Å². The highest BCUT2D eigenvalue weighted by Crippen LogP contribution is 2.26. The van der Waals surface area contributed by atoms with Gasteiger partial charge in [-0.05, 0) is 74.5 Å². The molecule has 7 heteroatoms. The van der Waals surface area contributed by atoms with E-state index in [2.05, 4.69) is 27.3 Å². The van der Waals surface area contributed by atoms with E-state index >= 15 is 0 Å². The average Bonchev–Trinajstić information content (AvgIpc) is 2.83. The Balaban J connectivity index is 1.40. The molecule has 1 atom stereocenters. The predicted molar refractivity (Wildman–Crippen MR) is 131 cm³/mol. The number of nitrogens with one attached hydrogen (secondary N) is 2. The average molecular weight is 450 g/mol. The number of aromatic amines is 1. The minimum Gasteiger partial charge on any atom is -0.494 e. The first kappa shape index (κ1) is 22.7. The molecule has 1 aromatic heterocycles. The van der Waals surface area contributed by atoms with E-state index in [1.54, 1.807) is 0 Å². The van der Waals surface area contributed by atoms with Gasteiger partial charge in [0.25, 0.3) is 5.56 Å². The van der Waals surface area contributed by atoms with Gasteiger partial charge in [0.05, 0.1) is 24.6 Å². The number of benzene rings is 2. The number of esters is 1. The summed E-state index contributed by atoms with van der Waals surface area (Å²) in [5.41, 5.74) is 3.34. The highest BCUT2D eigenvalue weighted by Gasteiger charge is 2.26. The number of hydrogen-bond acceptors (Lipinski definition) is 6. The van der Waals surface area contributed by atoms with Crippen molar-refractivity contribution < 1.29 is 14.3 Å². The standard InChI is InChI=1S/C26H31N3O4/c1-3-32-23-12-7-18-14-20(25(30)28-24(18)15-23)16-27-21-8-10-22(11-9-21)29-13-5-6-19(17-29)26(31)33-4-2/h7-12,14-15,19,27H,3-6,13,16-17H2,1-2H3,(H,28,30)/t19-/m1/s1. The predicted octanol–water partition coefficient (Wildman–Crippen LogP) is 4.32. The van der Waals surface area contributed by atoms with Crippen molar-refractivity contribution in [1.29, 1.82) is 0 Å². The molecule has 1 aliphatic heterocycles. The molecule has 33 heavy (non-hydrogen) atoms. The minimum absolute atomic E-state index is 0.0688. The van der Waals surface area contributed by atoms with E-state index in [-0.39, 0.29) is 17.4 Å². The van der Waals surface area contributed by atoms with Gasteiger partial charge in [0.15, 0.2) is 0 Å². The Morgan fingerprint density at radius 1 is 1.12 bits per heavy atom. The number of carbonyl (C=O) groups excluding carboxylic acids is 1. The van der Waals surface area contributed by atoms with Crippen LogP contribution >= 0.6 is 0 Å². The second kappa shape index (κ2) is 10.4. The number of nitrogens with zero attached hydrogens (tertiary/aromatic N) is 1. The van der Waals surface area contributed by atoms with Crippen molar-refractivity contribution in [2.24, 2.45) is 5.92 Å². The number of pyridine rings is 1. The molecule has 0 amide bonds. The van der Waals surface area contributed by atoms with Crippen molar-refractivity contribution in [3.05, 3.63) is 64.4 Å². The summed E-state index contributed by atoms with van der Waals surface area (Å²) in [6, 6.07) is 15.7. The van der Waals surface area contributed by atoms with Crippen LogP contribution in [0.25, 0.3) is 10.9 Å². The molecule has 0 unspecified atom stereocenters. The number of ether oxygens (including phenoxy) is 2. The van der Waals surface area contributed by atoms with E-state index in [1.165, 1.54) is 0 Å². The quantitative estimate of drug-likeness (QED) is 0.499. The van der Waals surface area contributed by atoms with Gasteiger partial charge in [-0.3, -0.25) is 9.59 Å². The molecule has 2 N–H and O–H groups in total. The fourth-order valence-electron chi connectivity index (χ4n) is 4.26. The summed E-state index contributed by atoms with van der Waals surface area (Å²) in [4.78, 5) is 29.8. The van der Waals surface area contributed by atoms with Crippen LogP contribution in [0, 0.1) is 5.92 Å². The monoisotopic (exact) mass is 449 g/mol. The number of fused-ring (bicyclic) bond motifs is 1. The smallest absolute Gasteiger partial charge is 0.310 e. The molecule has 4 rings (SSSR count).